The first-order valence-corrected chi connectivity index (χ1v) is 5.00. The van der Waals surface area contributed by atoms with Gasteiger partial charge < -0.3 is 0 Å². The third-order valence-corrected chi connectivity index (χ3v) is 2.66. The van der Waals surface area contributed by atoms with Crippen molar-refractivity contribution < 1.29 is 4.92 Å². The van der Waals surface area contributed by atoms with Crippen LogP contribution in [0.1, 0.15) is 37.5 Å². The van der Waals surface area contributed by atoms with Gasteiger partial charge in [-0.2, -0.15) is 0 Å². The summed E-state index contributed by atoms with van der Waals surface area (Å²) in [4.78, 5) is 10.6. The maximum absolute atomic E-state index is 10.9. The zero-order valence-electron chi connectivity index (χ0n) is 9.92. The fourth-order valence-electron chi connectivity index (χ4n) is 1.90. The van der Waals surface area contributed by atoms with Crippen LogP contribution < -0.4 is 0 Å². The topological polar surface area (TPSA) is 43.1 Å². The molecule has 0 aliphatic rings. The molecule has 15 heavy (non-hydrogen) atoms. The van der Waals surface area contributed by atoms with E-state index in [-0.39, 0.29) is 16.0 Å². The Kier molecular flexibility index (Phi) is 2.84. The smallest absolute Gasteiger partial charge is 0.258 e. The van der Waals surface area contributed by atoms with Crippen molar-refractivity contribution >= 4 is 5.69 Å². The number of nitro groups is 1. The summed E-state index contributed by atoms with van der Waals surface area (Å²) in [6.07, 6.45) is 0. The Morgan fingerprint density at radius 2 is 1.73 bits per heavy atom. The Bertz CT molecular complexity index is 403. The van der Waals surface area contributed by atoms with Gasteiger partial charge in [-0.3, -0.25) is 10.1 Å². The van der Waals surface area contributed by atoms with E-state index < -0.39 is 0 Å². The molecule has 1 rings (SSSR count). The van der Waals surface area contributed by atoms with E-state index >= 15 is 0 Å². The van der Waals surface area contributed by atoms with Gasteiger partial charge in [-0.05, 0) is 30.4 Å². The van der Waals surface area contributed by atoms with Gasteiger partial charge in [-0.25, -0.2) is 0 Å². The highest BCUT2D eigenvalue weighted by atomic mass is 16.6. The molecular formula is C12H17NO2. The Balaban J connectivity index is 3.57. The molecule has 1 aromatic rings. The molecule has 0 fully saturated rings. The van der Waals surface area contributed by atoms with Gasteiger partial charge in [-0.1, -0.05) is 26.8 Å². The van der Waals surface area contributed by atoms with Gasteiger partial charge in [0, 0.05) is 11.6 Å². The van der Waals surface area contributed by atoms with Gasteiger partial charge in [0.25, 0.3) is 5.69 Å². The molecule has 0 bridgehead atoms. The lowest BCUT2D eigenvalue weighted by Crippen LogP contribution is -2.16. The van der Waals surface area contributed by atoms with E-state index in [4.69, 9.17) is 0 Å². The summed E-state index contributed by atoms with van der Waals surface area (Å²) in [5.41, 5.74) is 3.00. The minimum absolute atomic E-state index is 0.196. The van der Waals surface area contributed by atoms with Gasteiger partial charge in [0.1, 0.15) is 0 Å². The maximum atomic E-state index is 10.9. The molecule has 0 radical (unpaired) electrons. The van der Waals surface area contributed by atoms with E-state index in [2.05, 4.69) is 0 Å². The van der Waals surface area contributed by atoms with Crippen molar-refractivity contribution in [2.24, 2.45) is 0 Å². The van der Waals surface area contributed by atoms with Gasteiger partial charge in [0.2, 0.25) is 0 Å². The average Bonchev–Trinajstić information content (AvgIpc) is 2.06. The molecular weight excluding hydrogens is 190 g/mol. The van der Waals surface area contributed by atoms with Crippen LogP contribution in [0.15, 0.2) is 12.1 Å². The summed E-state index contributed by atoms with van der Waals surface area (Å²) in [7, 11) is 0. The van der Waals surface area contributed by atoms with Gasteiger partial charge in [0.05, 0.1) is 4.92 Å². The van der Waals surface area contributed by atoms with Gasteiger partial charge in [0.15, 0.2) is 0 Å². The lowest BCUT2D eigenvalue weighted by molar-refractivity contribution is -0.386. The van der Waals surface area contributed by atoms with Crippen LogP contribution in [0.5, 0.6) is 0 Å². The second-order valence-electron chi connectivity index (χ2n) is 4.91. The highest BCUT2D eigenvalue weighted by Crippen LogP contribution is 2.35. The number of hydrogen-bond acceptors (Lipinski definition) is 2. The first kappa shape index (κ1) is 11.7. The van der Waals surface area contributed by atoms with Crippen LogP contribution in [0.25, 0.3) is 0 Å². The number of hydrogen-bond donors (Lipinski definition) is 0. The van der Waals surface area contributed by atoms with Crippen molar-refractivity contribution in [3.05, 3.63) is 38.9 Å². The fraction of sp³-hybridized carbons (Fsp3) is 0.500. The molecule has 0 atom stereocenters. The molecule has 0 N–H and O–H groups in total. The number of aryl methyl sites for hydroxylation is 1. The molecule has 0 saturated heterocycles. The van der Waals surface area contributed by atoms with E-state index in [1.54, 1.807) is 6.07 Å². The van der Waals surface area contributed by atoms with Crippen LogP contribution in [0.3, 0.4) is 0 Å². The van der Waals surface area contributed by atoms with Gasteiger partial charge >= 0.3 is 0 Å². The van der Waals surface area contributed by atoms with E-state index in [1.165, 1.54) is 0 Å². The number of nitro benzene ring substituents is 1. The number of nitrogens with zero attached hydrogens (tertiary/aromatic N) is 1. The largest absolute Gasteiger partial charge is 0.273 e. The monoisotopic (exact) mass is 207 g/mol. The van der Waals surface area contributed by atoms with Crippen LogP contribution in [0.2, 0.25) is 0 Å². The molecule has 3 heteroatoms. The molecule has 0 aliphatic carbocycles. The number of benzene rings is 1. The third-order valence-electron chi connectivity index (χ3n) is 2.66. The Labute approximate surface area is 90.3 Å². The molecule has 0 unspecified atom stereocenters. The highest BCUT2D eigenvalue weighted by molar-refractivity contribution is 5.52. The molecule has 0 amide bonds. The predicted octanol–water partition coefficient (Wildman–Crippen LogP) is 3.51. The summed E-state index contributed by atoms with van der Waals surface area (Å²) < 4.78 is 0. The zero-order valence-corrected chi connectivity index (χ0v) is 9.92. The molecule has 0 aromatic heterocycles. The van der Waals surface area contributed by atoms with Crippen molar-refractivity contribution in [3.63, 3.8) is 0 Å². The van der Waals surface area contributed by atoms with Crippen molar-refractivity contribution in [2.45, 2.75) is 40.0 Å². The Morgan fingerprint density at radius 3 is 2.13 bits per heavy atom. The summed E-state index contributed by atoms with van der Waals surface area (Å²) in [6, 6.07) is 3.41. The number of rotatable bonds is 1. The third kappa shape index (κ3) is 2.17. The second kappa shape index (κ2) is 3.65. The van der Waals surface area contributed by atoms with Crippen molar-refractivity contribution in [1.82, 2.24) is 0 Å². The van der Waals surface area contributed by atoms with E-state index in [1.807, 2.05) is 40.7 Å². The lowest BCUT2D eigenvalue weighted by atomic mass is 9.81. The highest BCUT2D eigenvalue weighted by Gasteiger charge is 2.27. The maximum Gasteiger partial charge on any atom is 0.273 e. The van der Waals surface area contributed by atoms with Gasteiger partial charge in [-0.15, -0.1) is 0 Å². The zero-order chi connectivity index (χ0) is 11.8. The van der Waals surface area contributed by atoms with E-state index in [0.29, 0.717) is 0 Å². The molecule has 0 heterocycles. The molecule has 82 valence electrons. The molecule has 3 nitrogen and oxygen atoms in total. The van der Waals surface area contributed by atoms with E-state index in [0.717, 1.165) is 16.7 Å². The Hall–Kier alpha value is -1.38. The second-order valence-corrected chi connectivity index (χ2v) is 4.91. The fourth-order valence-corrected chi connectivity index (χ4v) is 1.90. The van der Waals surface area contributed by atoms with Crippen molar-refractivity contribution in [2.75, 3.05) is 0 Å². The van der Waals surface area contributed by atoms with Crippen molar-refractivity contribution in [3.8, 4) is 0 Å². The van der Waals surface area contributed by atoms with Crippen LogP contribution in [0, 0.1) is 24.0 Å². The summed E-state index contributed by atoms with van der Waals surface area (Å²) >= 11 is 0. The minimum Gasteiger partial charge on any atom is -0.258 e. The summed E-state index contributed by atoms with van der Waals surface area (Å²) in [5, 5.41) is 10.9. The minimum atomic E-state index is -0.299. The van der Waals surface area contributed by atoms with Crippen LogP contribution >= 0.6 is 0 Å². The first-order valence-electron chi connectivity index (χ1n) is 5.00. The SMILES string of the molecule is Cc1ccc([N+](=O)[O-])c(C(C)(C)C)c1C. The van der Waals surface area contributed by atoms with Crippen LogP contribution in [0.4, 0.5) is 5.69 Å². The average molecular weight is 207 g/mol. The first-order chi connectivity index (χ1) is 6.75. The van der Waals surface area contributed by atoms with Crippen LogP contribution in [-0.2, 0) is 5.41 Å². The lowest BCUT2D eigenvalue weighted by Gasteiger charge is -2.22. The normalized spacial score (nSPS) is 11.5. The van der Waals surface area contributed by atoms with E-state index in [9.17, 15) is 10.1 Å². The van der Waals surface area contributed by atoms with Crippen LogP contribution in [-0.4, -0.2) is 4.92 Å². The molecule has 1 aromatic carbocycles. The Morgan fingerprint density at radius 1 is 1.20 bits per heavy atom. The summed E-state index contributed by atoms with van der Waals surface area (Å²) in [5.74, 6) is 0. The molecule has 0 spiro atoms. The quantitative estimate of drug-likeness (QED) is 0.522. The standard InChI is InChI=1S/C12H17NO2/c1-8-6-7-10(13(14)15)11(9(8)2)12(3,4)5/h6-7H,1-5H3. The van der Waals surface area contributed by atoms with Crippen molar-refractivity contribution in [1.29, 1.82) is 0 Å². The predicted molar refractivity (Wildman–Crippen MR) is 61.3 cm³/mol. The molecule has 0 saturated carbocycles. The molecule has 0 aliphatic heterocycles. The summed E-state index contributed by atoms with van der Waals surface area (Å²) in [6.45, 7) is 9.93.